The summed E-state index contributed by atoms with van der Waals surface area (Å²) in [5.74, 6) is -0.432. The average Bonchev–Trinajstić information content (AvgIpc) is 2.39. The van der Waals surface area contributed by atoms with Crippen molar-refractivity contribution < 1.29 is 14.6 Å². The monoisotopic (exact) mass is 259 g/mol. The van der Waals surface area contributed by atoms with Crippen LogP contribution in [0, 0.1) is 6.92 Å². The van der Waals surface area contributed by atoms with E-state index in [1.807, 2.05) is 13.0 Å². The number of aromatic carboxylic acids is 1. The molecule has 2 rings (SSSR count). The second-order valence-corrected chi connectivity index (χ2v) is 4.11. The number of carboxylic acid groups (broad SMARTS) is 1. The Bertz CT molecular complexity index is 688. The van der Waals surface area contributed by atoms with Gasteiger partial charge in [0.1, 0.15) is 5.75 Å². The molecule has 0 amide bonds. The quantitative estimate of drug-likeness (QED) is 0.884. The zero-order valence-electron chi connectivity index (χ0n) is 10.6. The van der Waals surface area contributed by atoms with Gasteiger partial charge in [-0.3, -0.25) is 4.79 Å². The van der Waals surface area contributed by atoms with E-state index in [-0.39, 0.29) is 5.56 Å². The lowest BCUT2D eigenvalue weighted by atomic mass is 9.97. The average molecular weight is 259 g/mol. The van der Waals surface area contributed by atoms with E-state index in [9.17, 15) is 9.59 Å². The number of carboxylic acids is 1. The third-order valence-electron chi connectivity index (χ3n) is 2.88. The maximum atomic E-state index is 11.2. The van der Waals surface area contributed by atoms with Crippen molar-refractivity contribution in [3.8, 4) is 16.9 Å². The van der Waals surface area contributed by atoms with Crippen molar-refractivity contribution in [3.63, 3.8) is 0 Å². The zero-order chi connectivity index (χ0) is 14.0. The number of ether oxygens (including phenoxy) is 1. The summed E-state index contributed by atoms with van der Waals surface area (Å²) in [5, 5.41) is 9.17. The van der Waals surface area contributed by atoms with Crippen LogP contribution in [0.2, 0.25) is 0 Å². The molecule has 1 aromatic carbocycles. The summed E-state index contributed by atoms with van der Waals surface area (Å²) in [6.45, 7) is 1.86. The Morgan fingerprint density at radius 1 is 1.26 bits per heavy atom. The lowest BCUT2D eigenvalue weighted by Crippen LogP contribution is -2.10. The number of H-pyrrole nitrogens is 1. The Labute approximate surface area is 109 Å². The van der Waals surface area contributed by atoms with Crippen molar-refractivity contribution in [3.05, 3.63) is 51.9 Å². The number of carbonyl (C=O) groups is 1. The number of rotatable bonds is 3. The van der Waals surface area contributed by atoms with Crippen molar-refractivity contribution in [2.75, 3.05) is 7.11 Å². The summed E-state index contributed by atoms with van der Waals surface area (Å²) < 4.78 is 5.11. The Kier molecular flexibility index (Phi) is 3.37. The highest BCUT2D eigenvalue weighted by Crippen LogP contribution is 2.28. The fraction of sp³-hybridized carbons (Fsp3) is 0.143. The van der Waals surface area contributed by atoms with Gasteiger partial charge in [0, 0.05) is 17.8 Å². The van der Waals surface area contributed by atoms with Gasteiger partial charge in [0.15, 0.2) is 0 Å². The predicted molar refractivity (Wildman–Crippen MR) is 70.7 cm³/mol. The molecule has 0 atom stereocenters. The summed E-state index contributed by atoms with van der Waals surface area (Å²) in [6, 6.07) is 6.42. The normalized spacial score (nSPS) is 10.2. The molecule has 1 heterocycles. The molecule has 0 aliphatic rings. The molecule has 5 heteroatoms. The first-order valence-corrected chi connectivity index (χ1v) is 5.64. The standard InChI is InChI=1S/C14H13NO4/c1-8-5-9(19-2)3-4-10(8)12-7-15-13(16)6-11(12)14(17)18/h3-7H,1-2H3,(H,15,16)(H,17,18). The van der Waals surface area contributed by atoms with E-state index >= 15 is 0 Å². The summed E-state index contributed by atoms with van der Waals surface area (Å²) in [7, 11) is 1.57. The van der Waals surface area contributed by atoms with Gasteiger partial charge in [-0.2, -0.15) is 0 Å². The van der Waals surface area contributed by atoms with Gasteiger partial charge in [-0.1, -0.05) is 6.07 Å². The fourth-order valence-electron chi connectivity index (χ4n) is 1.94. The summed E-state index contributed by atoms with van der Waals surface area (Å²) in [4.78, 5) is 24.9. The van der Waals surface area contributed by atoms with E-state index in [2.05, 4.69) is 4.98 Å². The molecule has 0 aliphatic heterocycles. The highest BCUT2D eigenvalue weighted by Gasteiger charge is 2.14. The van der Waals surface area contributed by atoms with Crippen LogP contribution < -0.4 is 10.3 Å². The largest absolute Gasteiger partial charge is 0.497 e. The van der Waals surface area contributed by atoms with Crippen LogP contribution in [0.3, 0.4) is 0 Å². The number of hydrogen-bond donors (Lipinski definition) is 2. The van der Waals surface area contributed by atoms with Crippen LogP contribution >= 0.6 is 0 Å². The maximum absolute atomic E-state index is 11.2. The topological polar surface area (TPSA) is 79.4 Å². The second kappa shape index (κ2) is 4.97. The van der Waals surface area contributed by atoms with Crippen molar-refractivity contribution in [1.29, 1.82) is 0 Å². The predicted octanol–water partition coefficient (Wildman–Crippen LogP) is 2.06. The minimum Gasteiger partial charge on any atom is -0.497 e. The minimum absolute atomic E-state index is 0.0167. The molecule has 1 aromatic heterocycles. The SMILES string of the molecule is COc1ccc(-c2c[nH]c(=O)cc2C(=O)O)c(C)c1. The van der Waals surface area contributed by atoms with Gasteiger partial charge in [0.2, 0.25) is 5.56 Å². The number of pyridine rings is 1. The molecular weight excluding hydrogens is 246 g/mol. The van der Waals surface area contributed by atoms with Crippen molar-refractivity contribution in [2.24, 2.45) is 0 Å². The molecule has 0 saturated carbocycles. The first-order chi connectivity index (χ1) is 9.02. The molecule has 0 bridgehead atoms. The minimum atomic E-state index is -1.13. The summed E-state index contributed by atoms with van der Waals surface area (Å²) >= 11 is 0. The number of benzene rings is 1. The van der Waals surface area contributed by atoms with Crippen LogP contribution in [0.5, 0.6) is 5.75 Å². The second-order valence-electron chi connectivity index (χ2n) is 4.11. The van der Waals surface area contributed by atoms with Gasteiger partial charge in [0.25, 0.3) is 0 Å². The van der Waals surface area contributed by atoms with E-state index < -0.39 is 11.5 Å². The number of aromatic nitrogens is 1. The summed E-state index contributed by atoms with van der Waals surface area (Å²) in [5.41, 5.74) is 1.64. The highest BCUT2D eigenvalue weighted by molar-refractivity contribution is 5.96. The molecule has 0 saturated heterocycles. The Morgan fingerprint density at radius 2 is 2.00 bits per heavy atom. The van der Waals surface area contributed by atoms with Crippen LogP contribution in [0.25, 0.3) is 11.1 Å². The molecule has 2 aromatic rings. The van der Waals surface area contributed by atoms with E-state index in [0.29, 0.717) is 11.3 Å². The van der Waals surface area contributed by atoms with Crippen molar-refractivity contribution in [1.82, 2.24) is 4.98 Å². The number of methoxy groups -OCH3 is 1. The summed E-state index contributed by atoms with van der Waals surface area (Å²) in [6.07, 6.45) is 1.42. The lowest BCUT2D eigenvalue weighted by Gasteiger charge is -2.10. The Balaban J connectivity index is 2.65. The van der Waals surface area contributed by atoms with Crippen LogP contribution in [-0.4, -0.2) is 23.2 Å². The van der Waals surface area contributed by atoms with Gasteiger partial charge < -0.3 is 14.8 Å². The Hall–Kier alpha value is -2.56. The van der Waals surface area contributed by atoms with Crippen LogP contribution in [0.15, 0.2) is 35.3 Å². The first kappa shape index (κ1) is 12.9. The smallest absolute Gasteiger partial charge is 0.336 e. The van der Waals surface area contributed by atoms with Crippen molar-refractivity contribution in [2.45, 2.75) is 6.92 Å². The van der Waals surface area contributed by atoms with Gasteiger partial charge in [-0.05, 0) is 30.2 Å². The number of aryl methyl sites for hydroxylation is 1. The number of nitrogens with one attached hydrogen (secondary N) is 1. The molecule has 98 valence electrons. The number of hydrogen-bond acceptors (Lipinski definition) is 3. The van der Waals surface area contributed by atoms with E-state index in [4.69, 9.17) is 9.84 Å². The van der Waals surface area contributed by atoms with Gasteiger partial charge in [-0.25, -0.2) is 4.79 Å². The van der Waals surface area contributed by atoms with Crippen LogP contribution in [0.4, 0.5) is 0 Å². The molecule has 2 N–H and O–H groups in total. The molecule has 0 spiro atoms. The van der Waals surface area contributed by atoms with E-state index in [0.717, 1.165) is 17.2 Å². The van der Waals surface area contributed by atoms with Crippen LogP contribution in [-0.2, 0) is 0 Å². The molecule has 5 nitrogen and oxygen atoms in total. The van der Waals surface area contributed by atoms with E-state index in [1.165, 1.54) is 6.20 Å². The molecule has 0 fully saturated rings. The van der Waals surface area contributed by atoms with Crippen molar-refractivity contribution >= 4 is 5.97 Å². The molecule has 0 unspecified atom stereocenters. The highest BCUT2D eigenvalue weighted by atomic mass is 16.5. The third-order valence-corrected chi connectivity index (χ3v) is 2.88. The van der Waals surface area contributed by atoms with Crippen LogP contribution in [0.1, 0.15) is 15.9 Å². The molecule has 0 radical (unpaired) electrons. The molecule has 0 aliphatic carbocycles. The van der Waals surface area contributed by atoms with E-state index in [1.54, 1.807) is 19.2 Å². The van der Waals surface area contributed by atoms with Gasteiger partial charge in [0.05, 0.1) is 12.7 Å². The van der Waals surface area contributed by atoms with Gasteiger partial charge >= 0.3 is 5.97 Å². The third kappa shape index (κ3) is 2.49. The molecular formula is C14H13NO4. The fourth-order valence-corrected chi connectivity index (χ4v) is 1.94. The lowest BCUT2D eigenvalue weighted by molar-refractivity contribution is 0.0697. The van der Waals surface area contributed by atoms with Gasteiger partial charge in [-0.15, -0.1) is 0 Å². The molecule has 19 heavy (non-hydrogen) atoms. The zero-order valence-corrected chi connectivity index (χ0v) is 10.6. The first-order valence-electron chi connectivity index (χ1n) is 5.64. The maximum Gasteiger partial charge on any atom is 0.336 e. The Morgan fingerprint density at radius 3 is 2.58 bits per heavy atom. The number of aromatic amines is 1.